The van der Waals surface area contributed by atoms with Gasteiger partial charge in [0, 0.05) is 19.5 Å². The molecule has 1 amide bonds. The highest BCUT2D eigenvalue weighted by Gasteiger charge is 2.28. The van der Waals surface area contributed by atoms with E-state index in [1.807, 2.05) is 0 Å². The second kappa shape index (κ2) is 6.03. The second-order valence-electron chi connectivity index (χ2n) is 5.30. The summed E-state index contributed by atoms with van der Waals surface area (Å²) in [5.74, 6) is -1.04. The maximum absolute atomic E-state index is 12.1. The van der Waals surface area contributed by atoms with Gasteiger partial charge in [-0.25, -0.2) is 0 Å². The van der Waals surface area contributed by atoms with Crippen molar-refractivity contribution in [2.45, 2.75) is 44.9 Å². The van der Waals surface area contributed by atoms with Crippen LogP contribution in [0.15, 0.2) is 11.6 Å². The molecular formula is C14H21NO3. The Hall–Kier alpha value is -1.32. The van der Waals surface area contributed by atoms with Crippen LogP contribution in [0.3, 0.4) is 0 Å². The van der Waals surface area contributed by atoms with Crippen LogP contribution >= 0.6 is 0 Å². The van der Waals surface area contributed by atoms with E-state index < -0.39 is 5.97 Å². The van der Waals surface area contributed by atoms with Gasteiger partial charge >= 0.3 is 5.97 Å². The molecule has 100 valence electrons. The Labute approximate surface area is 108 Å². The number of aliphatic carboxylic acids is 1. The standard InChI is InChI=1S/C14H21NO3/c16-13(9-11-5-2-1-3-6-11)15-8-4-7-12(10-15)14(17)18/h5,12H,1-4,6-10H2,(H,17,18)/t12-/m0/s1. The summed E-state index contributed by atoms with van der Waals surface area (Å²) in [6.07, 6.45) is 8.69. The van der Waals surface area contributed by atoms with Gasteiger partial charge in [-0.15, -0.1) is 0 Å². The molecule has 18 heavy (non-hydrogen) atoms. The summed E-state index contributed by atoms with van der Waals surface area (Å²) in [7, 11) is 0. The summed E-state index contributed by atoms with van der Waals surface area (Å²) in [5, 5.41) is 9.01. The average Bonchev–Trinajstić information content (AvgIpc) is 2.40. The highest BCUT2D eigenvalue weighted by Crippen LogP contribution is 2.23. The number of hydrogen-bond acceptors (Lipinski definition) is 2. The normalized spacial score (nSPS) is 24.6. The quantitative estimate of drug-likeness (QED) is 0.782. The molecule has 0 unspecified atom stereocenters. The molecular weight excluding hydrogens is 230 g/mol. The van der Waals surface area contributed by atoms with E-state index in [-0.39, 0.29) is 11.8 Å². The number of likely N-dealkylation sites (tertiary alicyclic amines) is 1. The Bertz CT molecular complexity index is 362. The van der Waals surface area contributed by atoms with Crippen molar-refractivity contribution < 1.29 is 14.7 Å². The zero-order valence-electron chi connectivity index (χ0n) is 10.7. The molecule has 1 fully saturated rings. The fourth-order valence-electron chi connectivity index (χ4n) is 2.78. The van der Waals surface area contributed by atoms with Crippen molar-refractivity contribution in [3.8, 4) is 0 Å². The lowest BCUT2D eigenvalue weighted by Gasteiger charge is -2.31. The first-order valence-electron chi connectivity index (χ1n) is 6.85. The van der Waals surface area contributed by atoms with E-state index in [0.717, 1.165) is 25.8 Å². The maximum Gasteiger partial charge on any atom is 0.308 e. The fraction of sp³-hybridized carbons (Fsp3) is 0.714. The predicted octanol–water partition coefficient (Wildman–Crippen LogP) is 2.20. The molecule has 0 spiro atoms. The Balaban J connectivity index is 1.88. The van der Waals surface area contributed by atoms with Gasteiger partial charge in [0.2, 0.25) is 5.91 Å². The molecule has 0 aromatic carbocycles. The third-order valence-corrected chi connectivity index (χ3v) is 3.89. The van der Waals surface area contributed by atoms with E-state index in [4.69, 9.17) is 5.11 Å². The van der Waals surface area contributed by atoms with E-state index >= 15 is 0 Å². The first-order valence-corrected chi connectivity index (χ1v) is 6.85. The first kappa shape index (κ1) is 13.1. The van der Waals surface area contributed by atoms with E-state index in [1.54, 1.807) is 4.90 Å². The fourth-order valence-corrected chi connectivity index (χ4v) is 2.78. The van der Waals surface area contributed by atoms with Gasteiger partial charge in [0.15, 0.2) is 0 Å². The molecule has 4 heteroatoms. The SMILES string of the molecule is O=C(O)[C@H]1CCCN(C(=O)CC2=CCCCC2)C1. The van der Waals surface area contributed by atoms with Gasteiger partial charge in [-0.1, -0.05) is 11.6 Å². The summed E-state index contributed by atoms with van der Waals surface area (Å²) < 4.78 is 0. The maximum atomic E-state index is 12.1. The smallest absolute Gasteiger partial charge is 0.308 e. The third kappa shape index (κ3) is 3.34. The molecule has 0 radical (unpaired) electrons. The number of hydrogen-bond donors (Lipinski definition) is 1. The van der Waals surface area contributed by atoms with E-state index in [9.17, 15) is 9.59 Å². The van der Waals surface area contributed by atoms with Crippen LogP contribution in [-0.4, -0.2) is 35.0 Å². The lowest BCUT2D eigenvalue weighted by atomic mass is 9.95. The monoisotopic (exact) mass is 251 g/mol. The molecule has 0 aromatic rings. The molecule has 2 rings (SSSR count). The summed E-state index contributed by atoms with van der Waals surface area (Å²) in [6.45, 7) is 1.11. The van der Waals surface area contributed by atoms with Gasteiger partial charge < -0.3 is 10.0 Å². The Morgan fingerprint density at radius 3 is 2.83 bits per heavy atom. The van der Waals surface area contributed by atoms with Crippen LogP contribution in [0.1, 0.15) is 44.9 Å². The largest absolute Gasteiger partial charge is 0.481 e. The highest BCUT2D eigenvalue weighted by molar-refractivity contribution is 5.80. The number of carbonyl (C=O) groups excluding carboxylic acids is 1. The molecule has 4 nitrogen and oxygen atoms in total. The molecule has 2 aliphatic rings. The number of nitrogens with zero attached hydrogens (tertiary/aromatic N) is 1. The van der Waals surface area contributed by atoms with Crippen LogP contribution in [0.2, 0.25) is 0 Å². The zero-order valence-corrected chi connectivity index (χ0v) is 10.7. The van der Waals surface area contributed by atoms with Crippen LogP contribution in [0.4, 0.5) is 0 Å². The lowest BCUT2D eigenvalue weighted by molar-refractivity contribution is -0.145. The van der Waals surface area contributed by atoms with Crippen LogP contribution in [0.5, 0.6) is 0 Å². The highest BCUT2D eigenvalue weighted by atomic mass is 16.4. The van der Waals surface area contributed by atoms with Gasteiger partial charge in [0.25, 0.3) is 0 Å². The Morgan fingerprint density at radius 1 is 1.33 bits per heavy atom. The second-order valence-corrected chi connectivity index (χ2v) is 5.30. The number of rotatable bonds is 3. The molecule has 1 heterocycles. The lowest BCUT2D eigenvalue weighted by Crippen LogP contribution is -2.42. The molecule has 1 saturated heterocycles. The Kier molecular flexibility index (Phi) is 4.39. The van der Waals surface area contributed by atoms with Gasteiger partial charge in [0.1, 0.15) is 0 Å². The van der Waals surface area contributed by atoms with E-state index in [1.165, 1.54) is 18.4 Å². The van der Waals surface area contributed by atoms with Gasteiger partial charge in [-0.3, -0.25) is 9.59 Å². The molecule has 1 atom stereocenters. The number of carbonyl (C=O) groups is 2. The first-order chi connectivity index (χ1) is 8.66. The number of carboxylic acid groups (broad SMARTS) is 1. The average molecular weight is 251 g/mol. The minimum Gasteiger partial charge on any atom is -0.481 e. The molecule has 1 aliphatic carbocycles. The molecule has 1 aliphatic heterocycles. The topological polar surface area (TPSA) is 57.6 Å². The van der Waals surface area contributed by atoms with Crippen molar-refractivity contribution >= 4 is 11.9 Å². The Morgan fingerprint density at radius 2 is 2.17 bits per heavy atom. The van der Waals surface area contributed by atoms with Gasteiger partial charge in [0.05, 0.1) is 5.92 Å². The minimum absolute atomic E-state index is 0.106. The van der Waals surface area contributed by atoms with Crippen LogP contribution in [-0.2, 0) is 9.59 Å². The number of carboxylic acids is 1. The van der Waals surface area contributed by atoms with Gasteiger partial charge in [-0.2, -0.15) is 0 Å². The van der Waals surface area contributed by atoms with Crippen LogP contribution in [0, 0.1) is 5.92 Å². The van der Waals surface area contributed by atoms with Crippen molar-refractivity contribution in [1.82, 2.24) is 4.90 Å². The summed E-state index contributed by atoms with van der Waals surface area (Å²) in [4.78, 5) is 24.8. The zero-order chi connectivity index (χ0) is 13.0. The predicted molar refractivity (Wildman–Crippen MR) is 68.1 cm³/mol. The summed E-state index contributed by atoms with van der Waals surface area (Å²) >= 11 is 0. The van der Waals surface area contributed by atoms with Crippen molar-refractivity contribution in [3.63, 3.8) is 0 Å². The van der Waals surface area contributed by atoms with Crippen molar-refractivity contribution in [1.29, 1.82) is 0 Å². The van der Waals surface area contributed by atoms with Gasteiger partial charge in [-0.05, 0) is 38.5 Å². The third-order valence-electron chi connectivity index (χ3n) is 3.89. The molecule has 0 saturated carbocycles. The van der Waals surface area contributed by atoms with Crippen molar-refractivity contribution in [2.75, 3.05) is 13.1 Å². The van der Waals surface area contributed by atoms with E-state index in [2.05, 4.69) is 6.08 Å². The van der Waals surface area contributed by atoms with Crippen LogP contribution in [0.25, 0.3) is 0 Å². The number of amides is 1. The molecule has 1 N–H and O–H groups in total. The summed E-state index contributed by atoms with van der Waals surface area (Å²) in [5.41, 5.74) is 1.24. The molecule has 0 bridgehead atoms. The number of piperidine rings is 1. The van der Waals surface area contributed by atoms with Crippen LogP contribution < -0.4 is 0 Å². The molecule has 0 aromatic heterocycles. The van der Waals surface area contributed by atoms with E-state index in [0.29, 0.717) is 19.4 Å². The number of allylic oxidation sites excluding steroid dienone is 1. The van der Waals surface area contributed by atoms with Crippen molar-refractivity contribution in [3.05, 3.63) is 11.6 Å². The minimum atomic E-state index is -0.774. The van der Waals surface area contributed by atoms with Crippen molar-refractivity contribution in [2.24, 2.45) is 5.92 Å². The summed E-state index contributed by atoms with van der Waals surface area (Å²) in [6, 6.07) is 0.